The second kappa shape index (κ2) is 11.3. The Morgan fingerprint density at radius 2 is 1.82 bits per heavy atom. The van der Waals surface area contributed by atoms with E-state index >= 15 is 0 Å². The molecular weight excluding hydrogens is 444 g/mol. The van der Waals surface area contributed by atoms with Crippen LogP contribution < -0.4 is 0 Å². The van der Waals surface area contributed by atoms with Crippen LogP contribution in [0.2, 0.25) is 0 Å². The standard InChI is InChI=1S/C25H34FNO5P/c1-8-32-21(29)14-19(28)24(33(30)31-7)22-18(16-9-11-17(26)12-10-16)13-20(25(4,5)6)27-23(22)15(2)3/h9-13,15,19,24,28H,8,14H2,1-7H3/q+1. The summed E-state index contributed by atoms with van der Waals surface area (Å²) in [6, 6.07) is 7.87. The van der Waals surface area contributed by atoms with Gasteiger partial charge in [-0.05, 0) is 46.7 Å². The Hall–Kier alpha value is -2.21. The first-order valence-corrected chi connectivity index (χ1v) is 12.3. The largest absolute Gasteiger partial charge is 0.518 e. The molecule has 0 aliphatic heterocycles. The van der Waals surface area contributed by atoms with Crippen LogP contribution in [0.1, 0.15) is 76.5 Å². The van der Waals surface area contributed by atoms with Crippen molar-refractivity contribution >= 4 is 14.0 Å². The van der Waals surface area contributed by atoms with Crippen LogP contribution in [0, 0.1) is 5.82 Å². The van der Waals surface area contributed by atoms with Crippen molar-refractivity contribution in [3.63, 3.8) is 0 Å². The first-order valence-electron chi connectivity index (χ1n) is 11.1. The second-order valence-corrected chi connectivity index (χ2v) is 10.7. The fraction of sp³-hybridized carbons (Fsp3) is 0.520. The van der Waals surface area contributed by atoms with Gasteiger partial charge in [-0.1, -0.05) is 46.8 Å². The lowest BCUT2D eigenvalue weighted by atomic mass is 9.84. The molecule has 0 bridgehead atoms. The third-order valence-corrected chi connectivity index (χ3v) is 6.72. The summed E-state index contributed by atoms with van der Waals surface area (Å²) in [5.74, 6) is -1.06. The van der Waals surface area contributed by atoms with E-state index in [4.69, 9.17) is 14.2 Å². The van der Waals surface area contributed by atoms with Gasteiger partial charge >= 0.3 is 14.0 Å². The van der Waals surface area contributed by atoms with Gasteiger partial charge in [0.15, 0.2) is 0 Å². The van der Waals surface area contributed by atoms with Crippen LogP contribution in [0.15, 0.2) is 30.3 Å². The minimum atomic E-state index is -2.41. The van der Waals surface area contributed by atoms with Crippen LogP contribution >= 0.6 is 8.03 Å². The maximum absolute atomic E-state index is 13.7. The number of esters is 1. The number of rotatable bonds is 9. The zero-order chi connectivity index (χ0) is 24.9. The van der Waals surface area contributed by atoms with Gasteiger partial charge in [0, 0.05) is 16.7 Å². The predicted molar refractivity (Wildman–Crippen MR) is 127 cm³/mol. The minimum absolute atomic E-state index is 0.0842. The summed E-state index contributed by atoms with van der Waals surface area (Å²) in [7, 11) is -1.11. The molecule has 0 fully saturated rings. The fourth-order valence-electron chi connectivity index (χ4n) is 3.63. The third kappa shape index (κ3) is 6.66. The highest BCUT2D eigenvalue weighted by molar-refractivity contribution is 7.39. The SMILES string of the molecule is CCOC(=O)CC(O)C(c1c(-c2ccc(F)cc2)cc(C(C)(C)C)nc1C(C)C)[P+](=O)OC. The van der Waals surface area contributed by atoms with Gasteiger partial charge < -0.3 is 9.84 Å². The number of ether oxygens (including phenoxy) is 1. The molecule has 6 nitrogen and oxygen atoms in total. The van der Waals surface area contributed by atoms with Gasteiger partial charge in [-0.25, -0.2) is 4.39 Å². The highest BCUT2D eigenvalue weighted by Gasteiger charge is 2.45. The number of hydrogen-bond donors (Lipinski definition) is 1. The molecule has 1 aromatic carbocycles. The number of halogens is 1. The molecule has 0 saturated carbocycles. The fourth-order valence-corrected chi connectivity index (χ4v) is 4.73. The van der Waals surface area contributed by atoms with Gasteiger partial charge in [0.05, 0.1) is 25.8 Å². The van der Waals surface area contributed by atoms with Crippen LogP contribution in [0.5, 0.6) is 0 Å². The van der Waals surface area contributed by atoms with Crippen LogP contribution in [0.25, 0.3) is 11.1 Å². The van der Waals surface area contributed by atoms with E-state index in [0.717, 1.165) is 5.69 Å². The molecule has 0 spiro atoms. The number of aromatic nitrogens is 1. The molecule has 3 unspecified atom stereocenters. The maximum atomic E-state index is 13.7. The van der Waals surface area contributed by atoms with Crippen molar-refractivity contribution in [2.24, 2.45) is 0 Å². The van der Waals surface area contributed by atoms with Crippen molar-refractivity contribution < 1.29 is 28.1 Å². The topological polar surface area (TPSA) is 85.7 Å². The van der Waals surface area contributed by atoms with Crippen molar-refractivity contribution in [2.45, 2.75) is 71.1 Å². The average molecular weight is 479 g/mol. The van der Waals surface area contributed by atoms with E-state index in [-0.39, 0.29) is 30.2 Å². The van der Waals surface area contributed by atoms with Gasteiger partial charge in [-0.15, -0.1) is 4.52 Å². The van der Waals surface area contributed by atoms with E-state index in [2.05, 4.69) is 0 Å². The van der Waals surface area contributed by atoms with E-state index in [0.29, 0.717) is 22.4 Å². The lowest BCUT2D eigenvalue weighted by Gasteiger charge is -2.26. The number of benzene rings is 1. The number of aliphatic hydroxyl groups is 1. The Kier molecular flexibility index (Phi) is 9.24. The maximum Gasteiger partial charge on any atom is 0.518 e. The van der Waals surface area contributed by atoms with Crippen molar-refractivity contribution in [1.29, 1.82) is 0 Å². The molecule has 180 valence electrons. The minimum Gasteiger partial charge on any atom is -0.466 e. The van der Waals surface area contributed by atoms with Crippen LogP contribution in [-0.4, -0.2) is 35.9 Å². The quantitative estimate of drug-likeness (QED) is 0.349. The van der Waals surface area contributed by atoms with Crippen molar-refractivity contribution in [2.75, 3.05) is 13.7 Å². The molecule has 1 aromatic heterocycles. The first-order chi connectivity index (χ1) is 15.4. The van der Waals surface area contributed by atoms with Crippen molar-refractivity contribution in [3.05, 3.63) is 53.1 Å². The number of hydrogen-bond acceptors (Lipinski definition) is 6. The van der Waals surface area contributed by atoms with E-state index in [1.165, 1.54) is 19.2 Å². The number of carbonyl (C=O) groups excluding carboxylic acids is 1. The molecule has 33 heavy (non-hydrogen) atoms. The summed E-state index contributed by atoms with van der Waals surface area (Å²) < 4.78 is 37.0. The zero-order valence-electron chi connectivity index (χ0n) is 20.4. The van der Waals surface area contributed by atoms with Crippen LogP contribution in [-0.2, 0) is 24.0 Å². The summed E-state index contributed by atoms with van der Waals surface area (Å²) >= 11 is 0. The molecule has 0 aliphatic carbocycles. The molecule has 8 heteroatoms. The van der Waals surface area contributed by atoms with Gasteiger partial charge in [-0.3, -0.25) is 9.78 Å². The highest BCUT2D eigenvalue weighted by atomic mass is 31.1. The predicted octanol–water partition coefficient (Wildman–Crippen LogP) is 6.05. The Balaban J connectivity index is 2.86. The van der Waals surface area contributed by atoms with E-state index < -0.39 is 25.8 Å². The first kappa shape index (κ1) is 27.0. The van der Waals surface area contributed by atoms with Gasteiger partial charge in [-0.2, -0.15) is 0 Å². The Morgan fingerprint density at radius 3 is 2.30 bits per heavy atom. The lowest BCUT2D eigenvalue weighted by Crippen LogP contribution is -2.25. The molecule has 1 N–H and O–H groups in total. The summed E-state index contributed by atoms with van der Waals surface area (Å²) in [4.78, 5) is 17.0. The van der Waals surface area contributed by atoms with Crippen LogP contribution in [0.4, 0.5) is 4.39 Å². The van der Waals surface area contributed by atoms with E-state index in [1.807, 2.05) is 40.7 Å². The van der Waals surface area contributed by atoms with E-state index in [9.17, 15) is 18.9 Å². The smallest absolute Gasteiger partial charge is 0.466 e. The van der Waals surface area contributed by atoms with Gasteiger partial charge in [0.2, 0.25) is 5.66 Å². The number of aliphatic hydroxyl groups excluding tert-OH is 1. The molecule has 1 heterocycles. The molecule has 0 aliphatic rings. The Labute approximate surface area is 196 Å². The highest BCUT2D eigenvalue weighted by Crippen LogP contribution is 2.50. The zero-order valence-corrected chi connectivity index (χ0v) is 21.3. The van der Waals surface area contributed by atoms with E-state index in [1.54, 1.807) is 19.1 Å². The lowest BCUT2D eigenvalue weighted by molar-refractivity contribution is -0.145. The number of nitrogens with zero attached hydrogens (tertiary/aromatic N) is 1. The molecule has 2 aromatic rings. The Bertz CT molecular complexity index is 986. The molecule has 0 amide bonds. The van der Waals surface area contributed by atoms with Gasteiger partial charge in [0.25, 0.3) is 0 Å². The van der Waals surface area contributed by atoms with Crippen molar-refractivity contribution in [3.8, 4) is 11.1 Å². The summed E-state index contributed by atoms with van der Waals surface area (Å²) in [6.07, 6.45) is -1.67. The Morgan fingerprint density at radius 1 is 1.21 bits per heavy atom. The molecular formula is C25H34FNO5P+. The molecule has 2 rings (SSSR count). The van der Waals surface area contributed by atoms with Crippen molar-refractivity contribution in [1.82, 2.24) is 4.98 Å². The summed E-state index contributed by atoms with van der Waals surface area (Å²) in [5.41, 5.74) is 2.02. The van der Waals surface area contributed by atoms with Crippen LogP contribution in [0.3, 0.4) is 0 Å². The third-order valence-electron chi connectivity index (χ3n) is 5.31. The summed E-state index contributed by atoms with van der Waals surface area (Å²) in [5, 5.41) is 11.1. The monoisotopic (exact) mass is 478 g/mol. The number of carbonyl (C=O) groups is 1. The average Bonchev–Trinajstić information content (AvgIpc) is 2.73. The normalized spacial score (nSPS) is 14.2. The second-order valence-electron chi connectivity index (χ2n) is 9.25. The number of pyridine rings is 1. The molecule has 0 saturated heterocycles. The molecule has 0 radical (unpaired) electrons. The van der Waals surface area contributed by atoms with Gasteiger partial charge in [0.1, 0.15) is 11.9 Å². The summed E-state index contributed by atoms with van der Waals surface area (Å²) in [6.45, 7) is 11.9. The molecule has 3 atom stereocenters.